The largest absolute Gasteiger partial charge is 0.459 e. The number of amides is 1. The Hall–Kier alpha value is -2.90. The fraction of sp³-hybridized carbons (Fsp3) is 0.412. The molecule has 0 aromatic heterocycles. The molecule has 0 radical (unpaired) electrons. The van der Waals surface area contributed by atoms with E-state index in [-0.39, 0.29) is 19.7 Å². The highest BCUT2D eigenvalue weighted by atomic mass is 16.6. The standard InChI is InChI=1S/C17H24N4O4/c1-17(2,3)25-15(22)11-19-9-14(21-18)10-20-16(23)24-12-13-7-5-4-6-8-13/h4-9H,10-12,18H2,1-3H3,(H,20,23)/b19-9?,21-14+. The van der Waals surface area contributed by atoms with Crippen molar-refractivity contribution in [3.8, 4) is 0 Å². The molecule has 0 saturated heterocycles. The van der Waals surface area contributed by atoms with E-state index in [0.29, 0.717) is 5.71 Å². The molecule has 0 bridgehead atoms. The van der Waals surface area contributed by atoms with Gasteiger partial charge in [-0.1, -0.05) is 30.3 Å². The normalized spacial score (nSPS) is 12.0. The molecule has 0 atom stereocenters. The van der Waals surface area contributed by atoms with Gasteiger partial charge in [-0.2, -0.15) is 5.10 Å². The summed E-state index contributed by atoms with van der Waals surface area (Å²) in [5, 5.41) is 6.00. The number of nitrogens with one attached hydrogen (secondary N) is 1. The predicted octanol–water partition coefficient (Wildman–Crippen LogP) is 1.64. The second-order valence-corrected chi connectivity index (χ2v) is 6.09. The monoisotopic (exact) mass is 348 g/mol. The number of carbonyl (C=O) groups is 2. The fourth-order valence-corrected chi connectivity index (χ4v) is 1.66. The van der Waals surface area contributed by atoms with Crippen LogP contribution in [0.5, 0.6) is 0 Å². The van der Waals surface area contributed by atoms with Gasteiger partial charge in [0.05, 0.1) is 12.3 Å². The molecular weight excluding hydrogens is 324 g/mol. The maximum Gasteiger partial charge on any atom is 0.407 e. The Morgan fingerprint density at radius 3 is 2.52 bits per heavy atom. The highest BCUT2D eigenvalue weighted by Crippen LogP contribution is 2.06. The quantitative estimate of drug-likeness (QED) is 0.336. The van der Waals surface area contributed by atoms with Gasteiger partial charge in [0.15, 0.2) is 0 Å². The van der Waals surface area contributed by atoms with Crippen molar-refractivity contribution >= 4 is 24.0 Å². The van der Waals surface area contributed by atoms with E-state index in [4.69, 9.17) is 15.3 Å². The third-order valence-electron chi connectivity index (χ3n) is 2.67. The van der Waals surface area contributed by atoms with Gasteiger partial charge in [-0.15, -0.1) is 0 Å². The first-order valence-corrected chi connectivity index (χ1v) is 7.73. The summed E-state index contributed by atoms with van der Waals surface area (Å²) in [7, 11) is 0. The number of carbonyl (C=O) groups excluding carboxylic acids is 2. The number of hydrazone groups is 1. The molecule has 8 nitrogen and oxygen atoms in total. The molecule has 136 valence electrons. The Labute approximate surface area is 147 Å². The Kier molecular flexibility index (Phi) is 8.11. The van der Waals surface area contributed by atoms with Crippen LogP contribution in [-0.2, 0) is 20.9 Å². The fourth-order valence-electron chi connectivity index (χ4n) is 1.66. The molecule has 1 rings (SSSR count). The Morgan fingerprint density at radius 1 is 1.24 bits per heavy atom. The second kappa shape index (κ2) is 10.1. The third kappa shape index (κ3) is 9.75. The zero-order valence-corrected chi connectivity index (χ0v) is 14.7. The molecule has 0 fully saturated rings. The SMILES string of the molecule is CC(C)(C)OC(=O)CN=C/C(CNC(=O)OCc1ccccc1)=N\N. The molecule has 1 aromatic rings. The van der Waals surface area contributed by atoms with Crippen molar-refractivity contribution in [2.75, 3.05) is 13.1 Å². The van der Waals surface area contributed by atoms with E-state index in [0.717, 1.165) is 5.56 Å². The molecule has 0 spiro atoms. The maximum atomic E-state index is 11.6. The van der Waals surface area contributed by atoms with Crippen LogP contribution in [0, 0.1) is 0 Å². The zero-order chi connectivity index (χ0) is 18.7. The van der Waals surface area contributed by atoms with E-state index in [1.165, 1.54) is 6.21 Å². The number of aliphatic imine (C=N–C) groups is 1. The molecule has 0 unspecified atom stereocenters. The lowest BCUT2D eigenvalue weighted by Crippen LogP contribution is -2.31. The van der Waals surface area contributed by atoms with Gasteiger partial charge in [0.25, 0.3) is 0 Å². The summed E-state index contributed by atoms with van der Waals surface area (Å²) >= 11 is 0. The van der Waals surface area contributed by atoms with E-state index in [2.05, 4.69) is 15.4 Å². The molecule has 25 heavy (non-hydrogen) atoms. The summed E-state index contributed by atoms with van der Waals surface area (Å²) < 4.78 is 10.2. The smallest absolute Gasteiger partial charge is 0.407 e. The zero-order valence-electron chi connectivity index (χ0n) is 14.7. The van der Waals surface area contributed by atoms with E-state index in [1.54, 1.807) is 20.8 Å². The highest BCUT2D eigenvalue weighted by Gasteiger charge is 2.15. The van der Waals surface area contributed by atoms with E-state index in [9.17, 15) is 9.59 Å². The van der Waals surface area contributed by atoms with E-state index < -0.39 is 17.7 Å². The van der Waals surface area contributed by atoms with Gasteiger partial charge in [0.2, 0.25) is 0 Å². The summed E-state index contributed by atoms with van der Waals surface area (Å²) in [6, 6.07) is 9.30. The van der Waals surface area contributed by atoms with Crippen LogP contribution in [0.25, 0.3) is 0 Å². The van der Waals surface area contributed by atoms with Gasteiger partial charge < -0.3 is 20.6 Å². The Balaban J connectivity index is 2.32. The summed E-state index contributed by atoms with van der Waals surface area (Å²) in [6.07, 6.45) is 0.701. The van der Waals surface area contributed by atoms with Gasteiger partial charge in [0.1, 0.15) is 18.8 Å². The number of alkyl carbamates (subject to hydrolysis) is 1. The first-order chi connectivity index (χ1) is 11.8. The van der Waals surface area contributed by atoms with Crippen molar-refractivity contribution in [3.63, 3.8) is 0 Å². The van der Waals surface area contributed by atoms with E-state index >= 15 is 0 Å². The van der Waals surface area contributed by atoms with Gasteiger partial charge in [-0.05, 0) is 26.3 Å². The number of benzene rings is 1. The molecule has 0 aliphatic heterocycles. The number of nitrogens with two attached hydrogens (primary N) is 1. The lowest BCUT2D eigenvalue weighted by atomic mass is 10.2. The average molecular weight is 348 g/mol. The van der Waals surface area contributed by atoms with Crippen molar-refractivity contribution in [2.45, 2.75) is 33.0 Å². The van der Waals surface area contributed by atoms with Crippen LogP contribution in [-0.4, -0.2) is 42.7 Å². The summed E-state index contributed by atoms with van der Waals surface area (Å²) in [5.41, 5.74) is 0.603. The minimum atomic E-state index is -0.606. The van der Waals surface area contributed by atoms with Crippen LogP contribution in [0.4, 0.5) is 4.79 Å². The van der Waals surface area contributed by atoms with Gasteiger partial charge in [0, 0.05) is 6.21 Å². The molecule has 0 heterocycles. The van der Waals surface area contributed by atoms with Crippen LogP contribution >= 0.6 is 0 Å². The molecular formula is C17H24N4O4. The summed E-state index contributed by atoms with van der Waals surface area (Å²) in [6.45, 7) is 5.34. The molecule has 0 aliphatic carbocycles. The molecule has 0 saturated carbocycles. The third-order valence-corrected chi connectivity index (χ3v) is 2.67. The number of hydrogen-bond donors (Lipinski definition) is 2. The van der Waals surface area contributed by atoms with Crippen molar-refractivity contribution in [1.29, 1.82) is 0 Å². The van der Waals surface area contributed by atoms with Crippen LogP contribution in [0.15, 0.2) is 40.4 Å². The molecule has 8 heteroatoms. The average Bonchev–Trinajstić information content (AvgIpc) is 2.55. The van der Waals surface area contributed by atoms with Crippen molar-refractivity contribution in [2.24, 2.45) is 15.9 Å². The highest BCUT2D eigenvalue weighted by molar-refractivity contribution is 6.31. The van der Waals surface area contributed by atoms with Gasteiger partial charge in [-0.3, -0.25) is 9.79 Å². The van der Waals surface area contributed by atoms with Crippen LogP contribution < -0.4 is 11.2 Å². The van der Waals surface area contributed by atoms with Gasteiger partial charge >= 0.3 is 12.1 Å². The number of nitrogens with zero attached hydrogens (tertiary/aromatic N) is 2. The molecule has 1 amide bonds. The number of esters is 1. The summed E-state index contributed by atoms with van der Waals surface area (Å²) in [4.78, 5) is 27.0. The van der Waals surface area contributed by atoms with Crippen molar-refractivity contribution in [1.82, 2.24) is 5.32 Å². The van der Waals surface area contributed by atoms with Crippen molar-refractivity contribution < 1.29 is 19.1 Å². The second-order valence-electron chi connectivity index (χ2n) is 6.09. The lowest BCUT2D eigenvalue weighted by molar-refractivity contribution is -0.152. The van der Waals surface area contributed by atoms with Gasteiger partial charge in [-0.25, -0.2) is 4.79 Å². The molecule has 1 aromatic carbocycles. The predicted molar refractivity (Wildman–Crippen MR) is 95.5 cm³/mol. The Morgan fingerprint density at radius 2 is 1.92 bits per heavy atom. The van der Waals surface area contributed by atoms with Crippen LogP contribution in [0.3, 0.4) is 0 Å². The maximum absolute atomic E-state index is 11.6. The lowest BCUT2D eigenvalue weighted by Gasteiger charge is -2.18. The minimum Gasteiger partial charge on any atom is -0.459 e. The van der Waals surface area contributed by atoms with Crippen LogP contribution in [0.2, 0.25) is 0 Å². The molecule has 3 N–H and O–H groups in total. The number of ether oxygens (including phenoxy) is 2. The summed E-state index contributed by atoms with van der Waals surface area (Å²) in [5.74, 6) is 4.77. The minimum absolute atomic E-state index is 0.0297. The Bertz CT molecular complexity index is 621. The van der Waals surface area contributed by atoms with Crippen molar-refractivity contribution in [3.05, 3.63) is 35.9 Å². The van der Waals surface area contributed by atoms with Crippen LogP contribution in [0.1, 0.15) is 26.3 Å². The first kappa shape index (κ1) is 20.1. The van der Waals surface area contributed by atoms with E-state index in [1.807, 2.05) is 30.3 Å². The first-order valence-electron chi connectivity index (χ1n) is 7.73. The topological polar surface area (TPSA) is 115 Å². The number of hydrogen-bond acceptors (Lipinski definition) is 7. The number of rotatable bonds is 7. The molecule has 0 aliphatic rings.